The van der Waals surface area contributed by atoms with Crippen LogP contribution in [0.1, 0.15) is 27.6 Å². The fourth-order valence-corrected chi connectivity index (χ4v) is 2.44. The molecule has 2 aromatic carbocycles. The maximum Gasteiger partial charge on any atom is 0.256 e. The smallest absolute Gasteiger partial charge is 0.256 e. The fraction of sp³-hybridized carbons (Fsp3) is 0.125. The average Bonchev–Trinajstić information content (AvgIpc) is 2.48. The van der Waals surface area contributed by atoms with Crippen molar-refractivity contribution in [3.8, 4) is 0 Å². The van der Waals surface area contributed by atoms with Crippen molar-refractivity contribution in [2.24, 2.45) is 0 Å². The molecule has 0 saturated carbocycles. The number of rotatable bonds is 4. The molecule has 0 aliphatic carbocycles. The Bertz CT molecular complexity index is 654. The Morgan fingerprint density at radius 1 is 1.00 bits per heavy atom. The molecule has 21 heavy (non-hydrogen) atoms. The first-order valence-electron chi connectivity index (χ1n) is 6.56. The Morgan fingerprint density at radius 3 is 2.29 bits per heavy atom. The van der Waals surface area contributed by atoms with Gasteiger partial charge in [0.25, 0.3) is 11.8 Å². The van der Waals surface area contributed by atoms with Crippen LogP contribution >= 0.6 is 22.6 Å². The summed E-state index contributed by atoms with van der Waals surface area (Å²) in [5, 5.41) is 5.55. The van der Waals surface area contributed by atoms with E-state index in [1.807, 2.05) is 25.1 Å². The van der Waals surface area contributed by atoms with Crippen LogP contribution in [0.25, 0.3) is 0 Å². The Hall–Kier alpha value is -1.89. The maximum atomic E-state index is 12.2. The molecule has 0 atom stereocenters. The SMILES string of the molecule is CCNC(=O)c1ccc(NC(=O)c2ccccc2I)cc1. The van der Waals surface area contributed by atoms with Gasteiger partial charge in [0.05, 0.1) is 5.56 Å². The van der Waals surface area contributed by atoms with Crippen molar-refractivity contribution in [2.45, 2.75) is 6.92 Å². The summed E-state index contributed by atoms with van der Waals surface area (Å²) in [4.78, 5) is 23.8. The van der Waals surface area contributed by atoms with Gasteiger partial charge in [-0.3, -0.25) is 9.59 Å². The second kappa shape index (κ2) is 7.21. The van der Waals surface area contributed by atoms with Crippen LogP contribution in [0.5, 0.6) is 0 Å². The minimum absolute atomic E-state index is 0.118. The summed E-state index contributed by atoms with van der Waals surface area (Å²) in [5.74, 6) is -0.279. The van der Waals surface area contributed by atoms with Gasteiger partial charge < -0.3 is 10.6 Å². The summed E-state index contributed by atoms with van der Waals surface area (Å²) in [7, 11) is 0. The number of hydrogen-bond donors (Lipinski definition) is 2. The first-order valence-corrected chi connectivity index (χ1v) is 7.64. The fourth-order valence-electron chi connectivity index (χ4n) is 1.81. The van der Waals surface area contributed by atoms with E-state index in [9.17, 15) is 9.59 Å². The molecule has 0 aliphatic heterocycles. The molecule has 0 saturated heterocycles. The third-order valence-corrected chi connectivity index (χ3v) is 3.80. The molecule has 0 heterocycles. The molecule has 108 valence electrons. The number of nitrogens with one attached hydrogen (secondary N) is 2. The van der Waals surface area contributed by atoms with E-state index in [0.29, 0.717) is 23.4 Å². The van der Waals surface area contributed by atoms with E-state index >= 15 is 0 Å². The number of halogens is 1. The molecule has 5 heteroatoms. The van der Waals surface area contributed by atoms with Crippen molar-refractivity contribution in [2.75, 3.05) is 11.9 Å². The summed E-state index contributed by atoms with van der Waals surface area (Å²) < 4.78 is 0.895. The molecule has 2 amide bonds. The lowest BCUT2D eigenvalue weighted by Gasteiger charge is -2.08. The maximum absolute atomic E-state index is 12.2. The predicted octanol–water partition coefficient (Wildman–Crippen LogP) is 3.29. The highest BCUT2D eigenvalue weighted by Crippen LogP contribution is 2.15. The van der Waals surface area contributed by atoms with E-state index in [1.54, 1.807) is 30.3 Å². The van der Waals surface area contributed by atoms with Crippen LogP contribution < -0.4 is 10.6 Å². The van der Waals surface area contributed by atoms with Crippen molar-refractivity contribution in [3.63, 3.8) is 0 Å². The van der Waals surface area contributed by atoms with Crippen molar-refractivity contribution >= 4 is 40.1 Å². The minimum atomic E-state index is -0.161. The zero-order valence-corrected chi connectivity index (χ0v) is 13.7. The molecular weight excluding hydrogens is 379 g/mol. The van der Waals surface area contributed by atoms with Crippen molar-refractivity contribution in [1.82, 2.24) is 5.32 Å². The number of amides is 2. The lowest BCUT2D eigenvalue weighted by Crippen LogP contribution is -2.22. The number of hydrogen-bond acceptors (Lipinski definition) is 2. The third kappa shape index (κ3) is 4.04. The molecule has 4 nitrogen and oxygen atoms in total. The van der Waals surface area contributed by atoms with E-state index in [2.05, 4.69) is 33.2 Å². The summed E-state index contributed by atoms with van der Waals surface area (Å²) in [6.45, 7) is 2.46. The highest BCUT2D eigenvalue weighted by molar-refractivity contribution is 14.1. The Labute approximate surface area is 137 Å². The zero-order valence-electron chi connectivity index (χ0n) is 11.5. The van der Waals surface area contributed by atoms with Gasteiger partial charge in [-0.2, -0.15) is 0 Å². The monoisotopic (exact) mass is 394 g/mol. The van der Waals surface area contributed by atoms with Crippen LogP contribution in [0.4, 0.5) is 5.69 Å². The largest absolute Gasteiger partial charge is 0.352 e. The Kier molecular flexibility index (Phi) is 5.32. The van der Waals surface area contributed by atoms with Crippen LogP contribution in [0, 0.1) is 3.57 Å². The van der Waals surface area contributed by atoms with Gasteiger partial charge in [-0.15, -0.1) is 0 Å². The highest BCUT2D eigenvalue weighted by Gasteiger charge is 2.10. The molecule has 0 spiro atoms. The molecule has 2 N–H and O–H groups in total. The van der Waals surface area contributed by atoms with E-state index in [0.717, 1.165) is 3.57 Å². The number of anilines is 1. The first-order chi connectivity index (χ1) is 10.1. The average molecular weight is 394 g/mol. The molecule has 0 unspecified atom stereocenters. The van der Waals surface area contributed by atoms with E-state index in [4.69, 9.17) is 0 Å². The molecule has 0 bridgehead atoms. The van der Waals surface area contributed by atoms with Crippen LogP contribution in [0.3, 0.4) is 0 Å². The van der Waals surface area contributed by atoms with Crippen LogP contribution in [0.2, 0.25) is 0 Å². The van der Waals surface area contributed by atoms with Crippen LogP contribution in [-0.4, -0.2) is 18.4 Å². The van der Waals surface area contributed by atoms with Crippen molar-refractivity contribution in [3.05, 3.63) is 63.2 Å². The van der Waals surface area contributed by atoms with Gasteiger partial charge >= 0.3 is 0 Å². The van der Waals surface area contributed by atoms with E-state index in [1.165, 1.54) is 0 Å². The van der Waals surface area contributed by atoms with E-state index < -0.39 is 0 Å². The lowest BCUT2D eigenvalue weighted by atomic mass is 10.1. The first kappa shape index (κ1) is 15.5. The number of carbonyl (C=O) groups is 2. The van der Waals surface area contributed by atoms with Crippen LogP contribution in [-0.2, 0) is 0 Å². The molecule has 0 aliphatic rings. The van der Waals surface area contributed by atoms with Gasteiger partial charge in [0.15, 0.2) is 0 Å². The minimum Gasteiger partial charge on any atom is -0.352 e. The van der Waals surface area contributed by atoms with Gasteiger partial charge in [0.2, 0.25) is 0 Å². The molecule has 2 rings (SSSR count). The summed E-state index contributed by atoms with van der Waals surface area (Å²) >= 11 is 2.13. The lowest BCUT2D eigenvalue weighted by molar-refractivity contribution is 0.0955. The van der Waals surface area contributed by atoms with Gasteiger partial charge in [-0.05, 0) is 65.9 Å². The van der Waals surface area contributed by atoms with Gasteiger partial charge in [-0.1, -0.05) is 12.1 Å². The van der Waals surface area contributed by atoms with Gasteiger partial charge in [0.1, 0.15) is 0 Å². The predicted molar refractivity (Wildman–Crippen MR) is 91.6 cm³/mol. The molecular formula is C16H15IN2O2. The van der Waals surface area contributed by atoms with Crippen LogP contribution in [0.15, 0.2) is 48.5 Å². The molecule has 0 fully saturated rings. The summed E-state index contributed by atoms with van der Waals surface area (Å²) in [5.41, 5.74) is 1.86. The molecule has 0 radical (unpaired) electrons. The van der Waals surface area contributed by atoms with Gasteiger partial charge in [-0.25, -0.2) is 0 Å². The normalized spacial score (nSPS) is 10.0. The second-order valence-electron chi connectivity index (χ2n) is 4.37. The third-order valence-electron chi connectivity index (χ3n) is 2.86. The van der Waals surface area contributed by atoms with Crippen molar-refractivity contribution in [1.29, 1.82) is 0 Å². The standard InChI is InChI=1S/C16H15IN2O2/c1-2-18-15(20)11-7-9-12(10-8-11)19-16(21)13-5-3-4-6-14(13)17/h3-10H,2H2,1H3,(H,18,20)(H,19,21). The number of benzene rings is 2. The second-order valence-corrected chi connectivity index (χ2v) is 5.53. The zero-order chi connectivity index (χ0) is 15.2. The summed E-state index contributed by atoms with van der Waals surface area (Å²) in [6.07, 6.45) is 0. The number of carbonyl (C=O) groups excluding carboxylic acids is 2. The van der Waals surface area contributed by atoms with Crippen molar-refractivity contribution < 1.29 is 9.59 Å². The Balaban J connectivity index is 2.09. The molecule has 0 aromatic heterocycles. The van der Waals surface area contributed by atoms with Gasteiger partial charge in [0, 0.05) is 21.4 Å². The summed E-state index contributed by atoms with van der Waals surface area (Å²) in [6, 6.07) is 14.2. The highest BCUT2D eigenvalue weighted by atomic mass is 127. The van der Waals surface area contributed by atoms with E-state index in [-0.39, 0.29) is 11.8 Å². The topological polar surface area (TPSA) is 58.2 Å². The Morgan fingerprint density at radius 2 is 1.67 bits per heavy atom. The quantitative estimate of drug-likeness (QED) is 0.782. The molecule has 2 aromatic rings.